The third kappa shape index (κ3) is 2.61. The molecule has 2 aromatic rings. The Kier molecular flexibility index (Phi) is 3.80. The van der Waals surface area contributed by atoms with Crippen LogP contribution in [-0.4, -0.2) is 25.0 Å². The van der Waals surface area contributed by atoms with Crippen LogP contribution in [0.4, 0.5) is 0 Å². The van der Waals surface area contributed by atoms with Gasteiger partial charge in [-0.05, 0) is 0 Å². The van der Waals surface area contributed by atoms with Crippen molar-refractivity contribution in [2.75, 3.05) is 0 Å². The van der Waals surface area contributed by atoms with E-state index in [1.54, 1.807) is 0 Å². The Balaban J connectivity index is 2.34. The van der Waals surface area contributed by atoms with Gasteiger partial charge in [0.25, 0.3) is 0 Å². The van der Waals surface area contributed by atoms with Gasteiger partial charge in [-0.2, -0.15) is 0 Å². The molecule has 0 saturated heterocycles. The predicted molar refractivity (Wildman–Crippen MR) is 65.5 cm³/mol. The van der Waals surface area contributed by atoms with E-state index in [0.717, 1.165) is 0 Å². The first-order chi connectivity index (χ1) is 7.42. The van der Waals surface area contributed by atoms with Gasteiger partial charge in [0, 0.05) is 0 Å². The quantitative estimate of drug-likeness (QED) is 0.858. The fourth-order valence-corrected chi connectivity index (χ4v) is 4.53. The van der Waals surface area contributed by atoms with E-state index in [1.165, 1.54) is 11.1 Å². The SMILES string of the molecule is [OH][SnH2][CH](c1ccccc1)c1ccccc1. The maximum atomic E-state index is 9.64. The van der Waals surface area contributed by atoms with Crippen LogP contribution in [0.2, 0.25) is 0 Å². The topological polar surface area (TPSA) is 20.2 Å². The minimum atomic E-state index is -1.69. The van der Waals surface area contributed by atoms with Crippen molar-refractivity contribution < 1.29 is 3.44 Å². The maximum absolute atomic E-state index is 9.64. The fourth-order valence-electron chi connectivity index (χ4n) is 1.77. The van der Waals surface area contributed by atoms with Crippen LogP contribution < -0.4 is 0 Å². The molecule has 1 nitrogen and oxygen atoms in total. The van der Waals surface area contributed by atoms with Gasteiger partial charge in [0.1, 0.15) is 0 Å². The van der Waals surface area contributed by atoms with Crippen LogP contribution in [0.1, 0.15) is 15.1 Å². The first-order valence-electron chi connectivity index (χ1n) is 5.12. The van der Waals surface area contributed by atoms with Gasteiger partial charge in [0.2, 0.25) is 0 Å². The average molecular weight is 305 g/mol. The third-order valence-electron chi connectivity index (χ3n) is 2.59. The van der Waals surface area contributed by atoms with Gasteiger partial charge in [0.05, 0.1) is 0 Å². The van der Waals surface area contributed by atoms with Crippen LogP contribution in [0.15, 0.2) is 60.7 Å². The molecule has 0 atom stereocenters. The van der Waals surface area contributed by atoms with Crippen LogP contribution in [-0.2, 0) is 0 Å². The molecule has 0 heterocycles. The molecule has 0 aliphatic heterocycles. The zero-order valence-corrected chi connectivity index (χ0v) is 12.5. The van der Waals surface area contributed by atoms with Crippen molar-refractivity contribution in [2.45, 2.75) is 3.93 Å². The van der Waals surface area contributed by atoms with Crippen molar-refractivity contribution in [1.82, 2.24) is 0 Å². The van der Waals surface area contributed by atoms with E-state index in [0.29, 0.717) is 3.93 Å². The van der Waals surface area contributed by atoms with Gasteiger partial charge < -0.3 is 0 Å². The molecule has 0 aliphatic rings. The van der Waals surface area contributed by atoms with Gasteiger partial charge in [-0.1, -0.05) is 0 Å². The van der Waals surface area contributed by atoms with Crippen molar-refractivity contribution in [2.24, 2.45) is 0 Å². The van der Waals surface area contributed by atoms with E-state index in [1.807, 2.05) is 36.4 Å². The van der Waals surface area contributed by atoms with Crippen LogP contribution >= 0.6 is 0 Å². The summed E-state index contributed by atoms with van der Waals surface area (Å²) in [6, 6.07) is 20.6. The molecule has 0 aliphatic carbocycles. The minimum absolute atomic E-state index is 0.300. The van der Waals surface area contributed by atoms with Crippen molar-refractivity contribution in [1.29, 1.82) is 0 Å². The Morgan fingerprint density at radius 2 is 1.13 bits per heavy atom. The molecule has 2 rings (SSSR count). The molecular weight excluding hydrogens is 291 g/mol. The molecule has 0 aromatic heterocycles. The predicted octanol–water partition coefficient (Wildman–Crippen LogP) is 1.85. The third-order valence-corrected chi connectivity index (χ3v) is 6.32. The summed E-state index contributed by atoms with van der Waals surface area (Å²) >= 11 is -1.69. The molecule has 0 saturated carbocycles. The molecule has 1 N–H and O–H groups in total. The number of hydrogen-bond acceptors (Lipinski definition) is 1. The summed E-state index contributed by atoms with van der Waals surface area (Å²) < 4.78 is 9.94. The van der Waals surface area contributed by atoms with Crippen LogP contribution in [0.25, 0.3) is 0 Å². The van der Waals surface area contributed by atoms with Gasteiger partial charge >= 0.3 is 101 Å². The van der Waals surface area contributed by atoms with E-state index in [9.17, 15) is 3.44 Å². The Labute approximate surface area is 101 Å². The molecule has 2 heteroatoms. The van der Waals surface area contributed by atoms with Crippen molar-refractivity contribution >= 4 is 21.6 Å². The zero-order chi connectivity index (χ0) is 10.5. The molecule has 15 heavy (non-hydrogen) atoms. The number of hydrogen-bond donors (Lipinski definition) is 1. The van der Waals surface area contributed by atoms with E-state index in [-0.39, 0.29) is 0 Å². The summed E-state index contributed by atoms with van der Waals surface area (Å²) in [7, 11) is 0. The van der Waals surface area contributed by atoms with E-state index in [4.69, 9.17) is 0 Å². The Morgan fingerprint density at radius 3 is 1.47 bits per heavy atom. The molecule has 0 radical (unpaired) electrons. The van der Waals surface area contributed by atoms with Gasteiger partial charge in [0.15, 0.2) is 0 Å². The number of rotatable bonds is 3. The van der Waals surface area contributed by atoms with Crippen LogP contribution in [0, 0.1) is 0 Å². The molecule has 2 aromatic carbocycles. The second-order valence-corrected chi connectivity index (χ2v) is 6.93. The second-order valence-electron chi connectivity index (χ2n) is 3.56. The van der Waals surface area contributed by atoms with Crippen LogP contribution in [0.5, 0.6) is 0 Å². The Bertz CT molecular complexity index is 360. The standard InChI is InChI=1S/C13H11.H2O.Sn.2H/c1-3-7-12(8-4-1)11-13-9-5-2-6-10-13;;;;/h1-11H;1H2;;;/q;;+1;;/p-1. The van der Waals surface area contributed by atoms with Crippen molar-refractivity contribution in [3.05, 3.63) is 71.8 Å². The fraction of sp³-hybridized carbons (Fsp3) is 0.0769. The number of benzene rings is 2. The van der Waals surface area contributed by atoms with E-state index in [2.05, 4.69) is 24.3 Å². The summed E-state index contributed by atoms with van der Waals surface area (Å²) in [5.41, 5.74) is 2.50. The molecule has 0 amide bonds. The summed E-state index contributed by atoms with van der Waals surface area (Å²) in [5, 5.41) is 0. The molecule has 76 valence electrons. The molecule has 0 unspecified atom stereocenters. The van der Waals surface area contributed by atoms with Crippen molar-refractivity contribution in [3.63, 3.8) is 0 Å². The monoisotopic (exact) mass is 306 g/mol. The first-order valence-corrected chi connectivity index (χ1v) is 9.26. The van der Waals surface area contributed by atoms with Gasteiger partial charge in [-0.3, -0.25) is 0 Å². The molecule has 0 bridgehead atoms. The van der Waals surface area contributed by atoms with E-state index >= 15 is 0 Å². The van der Waals surface area contributed by atoms with Gasteiger partial charge in [-0.15, -0.1) is 0 Å². The van der Waals surface area contributed by atoms with Crippen molar-refractivity contribution in [3.8, 4) is 0 Å². The molecule has 0 spiro atoms. The summed E-state index contributed by atoms with van der Waals surface area (Å²) in [6.07, 6.45) is 0. The normalized spacial score (nSPS) is 11.3. The van der Waals surface area contributed by atoms with Crippen LogP contribution in [0.3, 0.4) is 0 Å². The average Bonchev–Trinajstić information content (AvgIpc) is 2.33. The Morgan fingerprint density at radius 1 is 0.733 bits per heavy atom. The van der Waals surface area contributed by atoms with Gasteiger partial charge in [-0.25, -0.2) is 0 Å². The Hall–Kier alpha value is -0.801. The summed E-state index contributed by atoms with van der Waals surface area (Å²) in [5.74, 6) is 0. The van der Waals surface area contributed by atoms with E-state index < -0.39 is 21.6 Å². The first kappa shape index (κ1) is 10.7. The summed E-state index contributed by atoms with van der Waals surface area (Å²) in [6.45, 7) is 0. The summed E-state index contributed by atoms with van der Waals surface area (Å²) in [4.78, 5) is 0. The molecular formula is C13H14OSn. The molecule has 0 fully saturated rings. The zero-order valence-electron chi connectivity index (χ0n) is 8.51. The second kappa shape index (κ2) is 5.33.